The summed E-state index contributed by atoms with van der Waals surface area (Å²) in [4.78, 5) is 23.1. The van der Waals surface area contributed by atoms with Crippen LogP contribution in [0.3, 0.4) is 0 Å². The number of anilines is 1. The standard InChI is InChI=1S/C22H25NO4/c1-16(24)27-21-9-5-8-19(14-21)23-22(25)15-26-20-12-10-18(11-13-20)17-6-3-2-4-7-17/h5,8-14,17H,2-4,6-7,15H2,1H3,(H,23,25). The minimum Gasteiger partial charge on any atom is -0.484 e. The van der Waals surface area contributed by atoms with E-state index in [0.29, 0.717) is 23.1 Å². The lowest BCUT2D eigenvalue weighted by Gasteiger charge is -2.22. The van der Waals surface area contributed by atoms with Gasteiger partial charge in [-0.2, -0.15) is 0 Å². The SMILES string of the molecule is CC(=O)Oc1cccc(NC(=O)COc2ccc(C3CCCCC3)cc2)c1. The Kier molecular flexibility index (Phi) is 6.47. The highest BCUT2D eigenvalue weighted by Crippen LogP contribution is 2.33. The summed E-state index contributed by atoms with van der Waals surface area (Å²) in [5, 5.41) is 2.73. The first-order chi connectivity index (χ1) is 13.1. The first-order valence-electron chi connectivity index (χ1n) is 9.41. The molecule has 1 aliphatic rings. The number of rotatable bonds is 6. The molecule has 0 bridgehead atoms. The molecule has 5 nitrogen and oxygen atoms in total. The van der Waals surface area contributed by atoms with E-state index >= 15 is 0 Å². The summed E-state index contributed by atoms with van der Waals surface area (Å²) >= 11 is 0. The summed E-state index contributed by atoms with van der Waals surface area (Å²) in [6.45, 7) is 1.25. The number of hydrogen-bond donors (Lipinski definition) is 1. The van der Waals surface area contributed by atoms with Crippen molar-refractivity contribution in [2.24, 2.45) is 0 Å². The van der Waals surface area contributed by atoms with E-state index in [-0.39, 0.29) is 12.5 Å². The Labute approximate surface area is 159 Å². The van der Waals surface area contributed by atoms with Gasteiger partial charge in [-0.3, -0.25) is 9.59 Å². The van der Waals surface area contributed by atoms with Crippen LogP contribution in [0.4, 0.5) is 5.69 Å². The predicted molar refractivity (Wildman–Crippen MR) is 104 cm³/mol. The molecule has 0 atom stereocenters. The van der Waals surface area contributed by atoms with E-state index in [1.54, 1.807) is 24.3 Å². The molecule has 1 N–H and O–H groups in total. The van der Waals surface area contributed by atoms with Gasteiger partial charge in [-0.1, -0.05) is 37.5 Å². The van der Waals surface area contributed by atoms with Gasteiger partial charge in [0.25, 0.3) is 5.91 Å². The van der Waals surface area contributed by atoms with E-state index in [4.69, 9.17) is 9.47 Å². The number of ether oxygens (including phenoxy) is 2. The van der Waals surface area contributed by atoms with Gasteiger partial charge in [-0.15, -0.1) is 0 Å². The zero-order chi connectivity index (χ0) is 19.1. The second kappa shape index (κ2) is 9.21. The Morgan fingerprint density at radius 3 is 2.44 bits per heavy atom. The minimum atomic E-state index is -0.404. The van der Waals surface area contributed by atoms with E-state index in [0.717, 1.165) is 0 Å². The molecule has 3 rings (SSSR count). The van der Waals surface area contributed by atoms with Gasteiger partial charge in [0.2, 0.25) is 0 Å². The second-order valence-electron chi connectivity index (χ2n) is 6.86. The van der Waals surface area contributed by atoms with Crippen LogP contribution >= 0.6 is 0 Å². The second-order valence-corrected chi connectivity index (χ2v) is 6.86. The highest BCUT2D eigenvalue weighted by atomic mass is 16.5. The van der Waals surface area contributed by atoms with Crippen LogP contribution in [0.1, 0.15) is 50.5 Å². The third kappa shape index (κ3) is 5.84. The minimum absolute atomic E-state index is 0.0828. The Morgan fingerprint density at radius 1 is 1.00 bits per heavy atom. The maximum Gasteiger partial charge on any atom is 0.308 e. The van der Waals surface area contributed by atoms with Crippen LogP contribution in [-0.4, -0.2) is 18.5 Å². The monoisotopic (exact) mass is 367 g/mol. The number of hydrogen-bond acceptors (Lipinski definition) is 4. The first-order valence-corrected chi connectivity index (χ1v) is 9.41. The fourth-order valence-electron chi connectivity index (χ4n) is 3.42. The van der Waals surface area contributed by atoms with Crippen LogP contribution < -0.4 is 14.8 Å². The molecule has 1 aliphatic carbocycles. The molecule has 0 heterocycles. The largest absolute Gasteiger partial charge is 0.484 e. The molecule has 27 heavy (non-hydrogen) atoms. The van der Waals surface area contributed by atoms with Gasteiger partial charge in [0, 0.05) is 18.7 Å². The zero-order valence-corrected chi connectivity index (χ0v) is 15.6. The van der Waals surface area contributed by atoms with Crippen LogP contribution in [0, 0.1) is 0 Å². The lowest BCUT2D eigenvalue weighted by atomic mass is 9.84. The molecule has 0 unspecified atom stereocenters. The van der Waals surface area contributed by atoms with Gasteiger partial charge in [-0.25, -0.2) is 0 Å². The first kappa shape index (κ1) is 19.0. The Hall–Kier alpha value is -2.82. The maximum absolute atomic E-state index is 12.1. The number of carbonyl (C=O) groups is 2. The molecular weight excluding hydrogens is 342 g/mol. The van der Waals surface area contributed by atoms with Crippen molar-refractivity contribution >= 4 is 17.6 Å². The number of esters is 1. The summed E-state index contributed by atoms with van der Waals surface area (Å²) < 4.78 is 10.6. The van der Waals surface area contributed by atoms with E-state index < -0.39 is 5.97 Å². The van der Waals surface area contributed by atoms with Gasteiger partial charge in [0.05, 0.1) is 0 Å². The Bertz CT molecular complexity index is 779. The van der Waals surface area contributed by atoms with Crippen molar-refractivity contribution in [3.63, 3.8) is 0 Å². The lowest BCUT2D eigenvalue weighted by Crippen LogP contribution is -2.20. The van der Waals surface area contributed by atoms with Crippen molar-refractivity contribution in [3.8, 4) is 11.5 Å². The smallest absolute Gasteiger partial charge is 0.308 e. The average Bonchev–Trinajstić information content (AvgIpc) is 2.67. The highest BCUT2D eigenvalue weighted by molar-refractivity contribution is 5.92. The van der Waals surface area contributed by atoms with Gasteiger partial charge in [0.1, 0.15) is 11.5 Å². The van der Waals surface area contributed by atoms with E-state index in [1.807, 2.05) is 12.1 Å². The summed E-state index contributed by atoms with van der Waals surface area (Å²) in [5.74, 6) is 1.04. The van der Waals surface area contributed by atoms with Gasteiger partial charge in [0.15, 0.2) is 6.61 Å². The summed E-state index contributed by atoms with van der Waals surface area (Å²) in [5.41, 5.74) is 1.91. The van der Waals surface area contributed by atoms with Crippen molar-refractivity contribution in [1.29, 1.82) is 0 Å². The van der Waals surface area contributed by atoms with Crippen molar-refractivity contribution in [2.75, 3.05) is 11.9 Å². The van der Waals surface area contributed by atoms with Crippen LogP contribution in [-0.2, 0) is 9.59 Å². The van der Waals surface area contributed by atoms with Gasteiger partial charge >= 0.3 is 5.97 Å². The number of nitrogens with one attached hydrogen (secondary N) is 1. The molecule has 0 radical (unpaired) electrons. The average molecular weight is 367 g/mol. The van der Waals surface area contributed by atoms with Crippen LogP contribution in [0.25, 0.3) is 0 Å². The number of benzene rings is 2. The fourth-order valence-corrected chi connectivity index (χ4v) is 3.42. The maximum atomic E-state index is 12.1. The summed E-state index contributed by atoms with van der Waals surface area (Å²) in [6, 6.07) is 14.7. The Balaban J connectivity index is 1.49. The van der Waals surface area contributed by atoms with Crippen LogP contribution in [0.15, 0.2) is 48.5 Å². The molecule has 5 heteroatoms. The molecule has 0 aromatic heterocycles. The van der Waals surface area contributed by atoms with Crippen molar-refractivity contribution in [1.82, 2.24) is 0 Å². The molecule has 1 saturated carbocycles. The predicted octanol–water partition coefficient (Wildman–Crippen LogP) is 4.68. The molecule has 0 spiro atoms. The fraction of sp³-hybridized carbons (Fsp3) is 0.364. The lowest BCUT2D eigenvalue weighted by molar-refractivity contribution is -0.131. The number of amides is 1. The van der Waals surface area contributed by atoms with Gasteiger partial charge in [-0.05, 0) is 48.6 Å². The topological polar surface area (TPSA) is 64.6 Å². The molecule has 0 saturated heterocycles. The highest BCUT2D eigenvalue weighted by Gasteiger charge is 2.15. The van der Waals surface area contributed by atoms with E-state index in [2.05, 4.69) is 17.4 Å². The zero-order valence-electron chi connectivity index (χ0n) is 15.6. The molecule has 1 fully saturated rings. The molecule has 2 aromatic rings. The molecule has 2 aromatic carbocycles. The van der Waals surface area contributed by atoms with Crippen molar-refractivity contribution in [2.45, 2.75) is 44.9 Å². The third-order valence-corrected chi connectivity index (χ3v) is 4.71. The molecule has 0 aliphatic heterocycles. The summed E-state index contributed by atoms with van der Waals surface area (Å²) in [7, 11) is 0. The normalized spacial score (nSPS) is 14.4. The summed E-state index contributed by atoms with van der Waals surface area (Å²) in [6.07, 6.45) is 6.48. The molecule has 142 valence electrons. The number of carbonyl (C=O) groups excluding carboxylic acids is 2. The molecule has 1 amide bonds. The van der Waals surface area contributed by atoms with Crippen molar-refractivity contribution < 1.29 is 19.1 Å². The van der Waals surface area contributed by atoms with Crippen LogP contribution in [0.5, 0.6) is 11.5 Å². The Morgan fingerprint density at radius 2 is 1.74 bits per heavy atom. The van der Waals surface area contributed by atoms with Crippen LogP contribution in [0.2, 0.25) is 0 Å². The quantitative estimate of drug-likeness (QED) is 0.595. The van der Waals surface area contributed by atoms with E-state index in [9.17, 15) is 9.59 Å². The van der Waals surface area contributed by atoms with Crippen molar-refractivity contribution in [3.05, 3.63) is 54.1 Å². The molecular formula is C22H25NO4. The van der Waals surface area contributed by atoms with E-state index in [1.165, 1.54) is 44.6 Å². The third-order valence-electron chi connectivity index (χ3n) is 4.71. The van der Waals surface area contributed by atoms with Gasteiger partial charge < -0.3 is 14.8 Å².